The Labute approximate surface area is 94.1 Å². The Morgan fingerprint density at radius 3 is 2.75 bits per heavy atom. The van der Waals surface area contributed by atoms with Crippen LogP contribution in [0.15, 0.2) is 24.4 Å². The van der Waals surface area contributed by atoms with Gasteiger partial charge < -0.3 is 5.11 Å². The second kappa shape index (κ2) is 4.09. The fraction of sp³-hybridized carbons (Fsp3) is 0.455. The molecular formula is C11H15N3O2. The van der Waals surface area contributed by atoms with E-state index in [1.807, 2.05) is 37.1 Å². The number of rotatable bonds is 2. The van der Waals surface area contributed by atoms with Crippen molar-refractivity contribution in [1.29, 1.82) is 0 Å². The van der Waals surface area contributed by atoms with E-state index >= 15 is 0 Å². The summed E-state index contributed by atoms with van der Waals surface area (Å²) in [5.74, 6) is -0.432. The third-order valence-electron chi connectivity index (χ3n) is 2.99. The second-order valence-electron chi connectivity index (χ2n) is 4.08. The van der Waals surface area contributed by atoms with Crippen molar-refractivity contribution in [2.45, 2.75) is 25.9 Å². The van der Waals surface area contributed by atoms with Crippen molar-refractivity contribution in [1.82, 2.24) is 10.4 Å². The molecule has 0 bridgehead atoms. The number of hydrogen-bond acceptors (Lipinski definition) is 4. The van der Waals surface area contributed by atoms with E-state index in [1.54, 1.807) is 6.20 Å². The molecule has 1 fully saturated rings. The van der Waals surface area contributed by atoms with Gasteiger partial charge in [0.05, 0.1) is 12.0 Å². The summed E-state index contributed by atoms with van der Waals surface area (Å²) < 4.78 is 0. The molecule has 5 heteroatoms. The fourth-order valence-corrected chi connectivity index (χ4v) is 2.19. The summed E-state index contributed by atoms with van der Waals surface area (Å²) in [7, 11) is 0. The third-order valence-corrected chi connectivity index (χ3v) is 2.99. The standard InChI is InChI=1S/C11H15N3O2/c1-7-10(11(15)16)8(2)14(13-7)9-5-3-4-6-12-9/h3-8,10,13H,1-2H3,(H,15,16). The smallest absolute Gasteiger partial charge is 0.310 e. The number of aromatic nitrogens is 1. The number of carbonyl (C=O) groups is 1. The number of hydrazine groups is 1. The van der Waals surface area contributed by atoms with Gasteiger partial charge in [-0.2, -0.15) is 0 Å². The lowest BCUT2D eigenvalue weighted by Crippen LogP contribution is -2.38. The van der Waals surface area contributed by atoms with Gasteiger partial charge in [0.25, 0.3) is 0 Å². The maximum Gasteiger partial charge on any atom is 0.310 e. The van der Waals surface area contributed by atoms with E-state index in [0.29, 0.717) is 0 Å². The van der Waals surface area contributed by atoms with Gasteiger partial charge in [0.2, 0.25) is 0 Å². The number of nitrogens with zero attached hydrogens (tertiary/aromatic N) is 2. The number of carboxylic acids is 1. The highest BCUT2D eigenvalue weighted by Gasteiger charge is 2.41. The normalized spacial score (nSPS) is 29.4. The Bertz CT molecular complexity index is 382. The monoisotopic (exact) mass is 221 g/mol. The van der Waals surface area contributed by atoms with Crippen LogP contribution in [0.2, 0.25) is 0 Å². The molecule has 0 saturated carbocycles. The lowest BCUT2D eigenvalue weighted by atomic mass is 9.97. The number of aliphatic carboxylic acids is 1. The Morgan fingerprint density at radius 2 is 2.25 bits per heavy atom. The molecule has 2 heterocycles. The van der Waals surface area contributed by atoms with E-state index in [-0.39, 0.29) is 12.1 Å². The van der Waals surface area contributed by atoms with Crippen molar-refractivity contribution < 1.29 is 9.90 Å². The van der Waals surface area contributed by atoms with Crippen LogP contribution in [0.5, 0.6) is 0 Å². The number of pyridine rings is 1. The van der Waals surface area contributed by atoms with Crippen molar-refractivity contribution in [3.05, 3.63) is 24.4 Å². The molecule has 1 aliphatic rings. The van der Waals surface area contributed by atoms with Gasteiger partial charge in [-0.05, 0) is 26.0 Å². The minimum absolute atomic E-state index is 0.0884. The molecule has 0 aromatic carbocycles. The second-order valence-corrected chi connectivity index (χ2v) is 4.08. The molecule has 1 aromatic rings. The highest BCUT2D eigenvalue weighted by Crippen LogP contribution is 2.25. The van der Waals surface area contributed by atoms with Crippen LogP contribution in [0.3, 0.4) is 0 Å². The largest absolute Gasteiger partial charge is 0.481 e. The van der Waals surface area contributed by atoms with Crippen LogP contribution in [0.25, 0.3) is 0 Å². The van der Waals surface area contributed by atoms with Crippen molar-refractivity contribution in [2.75, 3.05) is 5.01 Å². The van der Waals surface area contributed by atoms with Crippen LogP contribution in [-0.2, 0) is 4.79 Å². The predicted molar refractivity (Wildman–Crippen MR) is 59.9 cm³/mol. The van der Waals surface area contributed by atoms with Crippen molar-refractivity contribution in [3.63, 3.8) is 0 Å². The van der Waals surface area contributed by atoms with Crippen LogP contribution in [0.4, 0.5) is 5.82 Å². The highest BCUT2D eigenvalue weighted by molar-refractivity contribution is 5.73. The summed E-state index contributed by atoms with van der Waals surface area (Å²) in [4.78, 5) is 15.3. The van der Waals surface area contributed by atoms with Crippen molar-refractivity contribution >= 4 is 11.8 Å². The first-order valence-corrected chi connectivity index (χ1v) is 5.30. The minimum atomic E-state index is -0.772. The zero-order valence-corrected chi connectivity index (χ0v) is 9.29. The Hall–Kier alpha value is -1.62. The van der Waals surface area contributed by atoms with E-state index in [1.165, 1.54) is 0 Å². The third kappa shape index (κ3) is 1.74. The van der Waals surface area contributed by atoms with Crippen molar-refractivity contribution in [3.8, 4) is 0 Å². The molecule has 1 saturated heterocycles. The Kier molecular flexibility index (Phi) is 2.78. The molecule has 5 nitrogen and oxygen atoms in total. The van der Waals surface area contributed by atoms with Crippen LogP contribution >= 0.6 is 0 Å². The Morgan fingerprint density at radius 1 is 1.50 bits per heavy atom. The molecule has 1 aromatic heterocycles. The maximum absolute atomic E-state index is 11.1. The molecule has 0 aliphatic carbocycles. The molecule has 3 atom stereocenters. The van der Waals surface area contributed by atoms with Crippen LogP contribution < -0.4 is 10.4 Å². The van der Waals surface area contributed by atoms with Crippen LogP contribution in [0.1, 0.15) is 13.8 Å². The van der Waals surface area contributed by atoms with Gasteiger partial charge in [0.15, 0.2) is 0 Å². The number of nitrogens with one attached hydrogen (secondary N) is 1. The van der Waals surface area contributed by atoms with Gasteiger partial charge in [0.1, 0.15) is 5.82 Å². The first kappa shape index (κ1) is 10.9. The zero-order chi connectivity index (χ0) is 11.7. The minimum Gasteiger partial charge on any atom is -0.481 e. The molecule has 16 heavy (non-hydrogen) atoms. The first-order chi connectivity index (χ1) is 7.61. The molecule has 2 rings (SSSR count). The van der Waals surface area contributed by atoms with Gasteiger partial charge in [-0.15, -0.1) is 0 Å². The number of carboxylic acid groups (broad SMARTS) is 1. The molecule has 1 aliphatic heterocycles. The summed E-state index contributed by atoms with van der Waals surface area (Å²) >= 11 is 0. The van der Waals surface area contributed by atoms with E-state index in [4.69, 9.17) is 5.11 Å². The Balaban J connectivity index is 2.24. The van der Waals surface area contributed by atoms with E-state index in [2.05, 4.69) is 10.4 Å². The molecule has 2 N–H and O–H groups in total. The van der Waals surface area contributed by atoms with Gasteiger partial charge in [-0.25, -0.2) is 10.4 Å². The lowest BCUT2D eigenvalue weighted by molar-refractivity contribution is -0.142. The summed E-state index contributed by atoms with van der Waals surface area (Å²) in [6.45, 7) is 3.77. The average Bonchev–Trinajstić information content (AvgIpc) is 2.55. The van der Waals surface area contributed by atoms with E-state index < -0.39 is 11.9 Å². The van der Waals surface area contributed by atoms with Gasteiger partial charge in [0, 0.05) is 12.2 Å². The number of hydrogen-bond donors (Lipinski definition) is 2. The fourth-order valence-electron chi connectivity index (χ4n) is 2.19. The van der Waals surface area contributed by atoms with Crippen LogP contribution in [0, 0.1) is 5.92 Å². The van der Waals surface area contributed by atoms with Gasteiger partial charge >= 0.3 is 5.97 Å². The summed E-state index contributed by atoms with van der Waals surface area (Å²) in [6.07, 6.45) is 1.70. The highest BCUT2D eigenvalue weighted by atomic mass is 16.4. The topological polar surface area (TPSA) is 65.5 Å². The maximum atomic E-state index is 11.1. The average molecular weight is 221 g/mol. The lowest BCUT2D eigenvalue weighted by Gasteiger charge is -2.23. The quantitative estimate of drug-likeness (QED) is 0.776. The summed E-state index contributed by atoms with van der Waals surface area (Å²) in [5, 5.41) is 11.0. The van der Waals surface area contributed by atoms with E-state index in [9.17, 15) is 4.79 Å². The molecular weight excluding hydrogens is 206 g/mol. The van der Waals surface area contributed by atoms with Gasteiger partial charge in [-0.1, -0.05) is 6.07 Å². The van der Waals surface area contributed by atoms with Crippen LogP contribution in [-0.4, -0.2) is 28.1 Å². The summed E-state index contributed by atoms with van der Waals surface area (Å²) in [5.41, 5.74) is 3.14. The molecule has 0 spiro atoms. The summed E-state index contributed by atoms with van der Waals surface area (Å²) in [6, 6.07) is 5.38. The number of anilines is 1. The zero-order valence-electron chi connectivity index (χ0n) is 9.29. The van der Waals surface area contributed by atoms with Crippen molar-refractivity contribution in [2.24, 2.45) is 5.92 Å². The van der Waals surface area contributed by atoms with E-state index in [0.717, 1.165) is 5.82 Å². The predicted octanol–water partition coefficient (Wildman–Crippen LogP) is 0.884. The first-order valence-electron chi connectivity index (χ1n) is 5.30. The molecule has 0 radical (unpaired) electrons. The SMILES string of the molecule is CC1NN(c2ccccn2)C(C)C1C(=O)O. The van der Waals surface area contributed by atoms with Gasteiger partial charge in [-0.3, -0.25) is 9.80 Å². The molecule has 3 unspecified atom stereocenters. The molecule has 86 valence electrons. The molecule has 0 amide bonds.